The number of hydrogen-bond donors (Lipinski definition) is 2. The van der Waals surface area contributed by atoms with Gasteiger partial charge in [-0.2, -0.15) is 0 Å². The molecular formula is C28H40CoN4O4. The van der Waals surface area contributed by atoms with Gasteiger partial charge in [-0.1, -0.05) is 24.3 Å². The Morgan fingerprint density at radius 1 is 0.649 bits per heavy atom. The van der Waals surface area contributed by atoms with E-state index >= 15 is 0 Å². The number of ether oxygens (including phenoxy) is 2. The van der Waals surface area contributed by atoms with Gasteiger partial charge in [0, 0.05) is 92.7 Å². The Balaban J connectivity index is 0.000000253. The minimum absolute atomic E-state index is 0. The monoisotopic (exact) mass is 555 g/mol. The van der Waals surface area contributed by atoms with Crippen molar-refractivity contribution in [3.63, 3.8) is 0 Å². The molecule has 4 rings (SSSR count). The van der Waals surface area contributed by atoms with Crippen molar-refractivity contribution in [3.8, 4) is 11.5 Å². The number of phenolic OH excluding ortho intramolecular Hbond substituents is 2. The number of morpholine rings is 2. The van der Waals surface area contributed by atoms with Crippen molar-refractivity contribution in [1.29, 1.82) is 0 Å². The van der Waals surface area contributed by atoms with Crippen molar-refractivity contribution in [2.75, 3.05) is 78.8 Å². The number of aromatic hydroxyl groups is 2. The normalized spacial score (nSPS) is 16.9. The summed E-state index contributed by atoms with van der Waals surface area (Å²) in [7, 11) is 0. The Morgan fingerprint density at radius 3 is 1.41 bits per heavy atom. The summed E-state index contributed by atoms with van der Waals surface area (Å²) < 4.78 is 10.6. The number of hydrogen-bond acceptors (Lipinski definition) is 8. The number of phenols is 2. The summed E-state index contributed by atoms with van der Waals surface area (Å²) in [5.74, 6) is 0.573. The number of benzene rings is 2. The number of nitrogens with zero attached hydrogens (tertiary/aromatic N) is 4. The molecule has 2 aliphatic heterocycles. The molecule has 1 radical (unpaired) electrons. The number of aliphatic imine (C=N–C) groups is 2. The third kappa shape index (κ3) is 12.7. The molecule has 2 aromatic carbocycles. The first-order valence-electron chi connectivity index (χ1n) is 12.9. The van der Waals surface area contributed by atoms with Crippen molar-refractivity contribution < 1.29 is 36.5 Å². The van der Waals surface area contributed by atoms with Crippen LogP contribution in [0.3, 0.4) is 0 Å². The van der Waals surface area contributed by atoms with Crippen LogP contribution in [0.4, 0.5) is 0 Å². The van der Waals surface area contributed by atoms with Crippen LogP contribution in [0, 0.1) is 0 Å². The smallest absolute Gasteiger partial charge is 0.124 e. The van der Waals surface area contributed by atoms with E-state index in [0.29, 0.717) is 0 Å². The van der Waals surface area contributed by atoms with E-state index < -0.39 is 0 Å². The predicted molar refractivity (Wildman–Crippen MR) is 145 cm³/mol. The van der Waals surface area contributed by atoms with E-state index in [1.807, 2.05) is 36.4 Å². The molecule has 2 N–H and O–H groups in total. The molecule has 0 atom stereocenters. The molecule has 37 heavy (non-hydrogen) atoms. The zero-order valence-electron chi connectivity index (χ0n) is 21.5. The Kier molecular flexibility index (Phi) is 15.8. The van der Waals surface area contributed by atoms with Gasteiger partial charge in [-0.05, 0) is 37.1 Å². The van der Waals surface area contributed by atoms with E-state index in [0.717, 1.165) is 103 Å². The summed E-state index contributed by atoms with van der Waals surface area (Å²) >= 11 is 0. The molecule has 2 aliphatic rings. The largest absolute Gasteiger partial charge is 0.507 e. The van der Waals surface area contributed by atoms with Gasteiger partial charge in [-0.15, -0.1) is 0 Å². The summed E-state index contributed by atoms with van der Waals surface area (Å²) in [6.45, 7) is 11.3. The van der Waals surface area contributed by atoms with E-state index in [-0.39, 0.29) is 28.3 Å². The Morgan fingerprint density at radius 2 is 1.03 bits per heavy atom. The van der Waals surface area contributed by atoms with Gasteiger partial charge < -0.3 is 19.7 Å². The fourth-order valence-electron chi connectivity index (χ4n) is 3.94. The first kappa shape index (κ1) is 30.9. The fourth-order valence-corrected chi connectivity index (χ4v) is 3.94. The van der Waals surface area contributed by atoms with Crippen molar-refractivity contribution >= 4 is 12.4 Å². The van der Waals surface area contributed by atoms with Gasteiger partial charge in [-0.3, -0.25) is 19.8 Å². The SMILES string of the molecule is Oc1ccccc1C=NCCCN1CCOCC1.Oc1ccccc1C=NCCCN1CCOCC1.[Co]. The molecule has 0 amide bonds. The van der Waals surface area contributed by atoms with Gasteiger partial charge in [0.05, 0.1) is 26.4 Å². The van der Waals surface area contributed by atoms with E-state index in [1.54, 1.807) is 24.6 Å². The first-order chi connectivity index (χ1) is 17.7. The molecule has 8 nitrogen and oxygen atoms in total. The molecule has 0 saturated carbocycles. The fraction of sp³-hybridized carbons (Fsp3) is 0.500. The molecule has 0 aliphatic carbocycles. The van der Waals surface area contributed by atoms with Gasteiger partial charge in [-0.25, -0.2) is 0 Å². The molecule has 2 heterocycles. The van der Waals surface area contributed by atoms with E-state index in [9.17, 15) is 10.2 Å². The van der Waals surface area contributed by atoms with Gasteiger partial charge in [0.2, 0.25) is 0 Å². The molecule has 205 valence electrons. The molecule has 0 aromatic heterocycles. The van der Waals surface area contributed by atoms with Gasteiger partial charge in [0.1, 0.15) is 11.5 Å². The average molecular weight is 556 g/mol. The zero-order chi connectivity index (χ0) is 25.3. The maximum absolute atomic E-state index is 9.56. The van der Waals surface area contributed by atoms with E-state index in [4.69, 9.17) is 9.47 Å². The van der Waals surface area contributed by atoms with Crippen LogP contribution in [-0.2, 0) is 26.3 Å². The third-order valence-electron chi connectivity index (χ3n) is 6.06. The van der Waals surface area contributed by atoms with Gasteiger partial charge >= 0.3 is 0 Å². The molecule has 2 saturated heterocycles. The summed E-state index contributed by atoms with van der Waals surface area (Å²) in [6, 6.07) is 14.5. The molecule has 0 unspecified atom stereocenters. The van der Waals surface area contributed by atoms with Gasteiger partial charge in [0.25, 0.3) is 0 Å². The molecule has 2 fully saturated rings. The second-order valence-corrected chi connectivity index (χ2v) is 8.80. The summed E-state index contributed by atoms with van der Waals surface area (Å²) in [5, 5.41) is 19.1. The van der Waals surface area contributed by atoms with Crippen LogP contribution in [-0.4, -0.2) is 111 Å². The summed E-state index contributed by atoms with van der Waals surface area (Å²) in [5.41, 5.74) is 1.56. The van der Waals surface area contributed by atoms with Crippen molar-refractivity contribution in [2.24, 2.45) is 9.98 Å². The molecule has 0 spiro atoms. The van der Waals surface area contributed by atoms with Crippen LogP contribution >= 0.6 is 0 Å². The third-order valence-corrected chi connectivity index (χ3v) is 6.06. The molecular weight excluding hydrogens is 515 g/mol. The summed E-state index contributed by atoms with van der Waals surface area (Å²) in [6.07, 6.45) is 5.58. The minimum Gasteiger partial charge on any atom is -0.507 e. The second-order valence-electron chi connectivity index (χ2n) is 8.80. The quantitative estimate of drug-likeness (QED) is 0.346. The Bertz CT molecular complexity index is 856. The topological polar surface area (TPSA) is 90.1 Å². The van der Waals surface area contributed by atoms with Crippen molar-refractivity contribution in [2.45, 2.75) is 12.8 Å². The number of rotatable bonds is 10. The van der Waals surface area contributed by atoms with Crippen LogP contribution in [0.25, 0.3) is 0 Å². The Hall–Kier alpha value is -2.27. The van der Waals surface area contributed by atoms with Gasteiger partial charge in [0.15, 0.2) is 0 Å². The van der Waals surface area contributed by atoms with Crippen LogP contribution < -0.4 is 0 Å². The maximum Gasteiger partial charge on any atom is 0.124 e. The molecule has 2 aromatic rings. The second kappa shape index (κ2) is 18.9. The maximum atomic E-state index is 9.56. The average Bonchev–Trinajstić information content (AvgIpc) is 2.92. The summed E-state index contributed by atoms with van der Waals surface area (Å²) in [4.78, 5) is 13.5. The van der Waals surface area contributed by atoms with Crippen LogP contribution in [0.15, 0.2) is 58.5 Å². The van der Waals surface area contributed by atoms with Crippen LogP contribution in [0.1, 0.15) is 24.0 Å². The van der Waals surface area contributed by atoms with Crippen molar-refractivity contribution in [1.82, 2.24) is 9.80 Å². The van der Waals surface area contributed by atoms with Crippen LogP contribution in [0.2, 0.25) is 0 Å². The standard InChI is InChI=1S/2C14H20N2O2.Co/c2*17-14-5-2-1-4-13(14)12-15-6-3-7-16-8-10-18-11-9-16;/h2*1-2,4-5,12,17H,3,6-11H2;. The van der Waals surface area contributed by atoms with Crippen LogP contribution in [0.5, 0.6) is 11.5 Å². The van der Waals surface area contributed by atoms with E-state index in [2.05, 4.69) is 19.8 Å². The zero-order valence-corrected chi connectivity index (χ0v) is 22.5. The van der Waals surface area contributed by atoms with Crippen molar-refractivity contribution in [3.05, 3.63) is 59.7 Å². The first-order valence-corrected chi connectivity index (χ1v) is 12.9. The predicted octanol–water partition coefficient (Wildman–Crippen LogP) is 3.06. The Labute approximate surface area is 231 Å². The molecule has 9 heteroatoms. The molecule has 0 bridgehead atoms. The number of para-hydroxylation sites is 2. The van der Waals surface area contributed by atoms with E-state index in [1.165, 1.54) is 0 Å². The minimum atomic E-state index is 0.